The molecule has 0 fully saturated rings. The summed E-state index contributed by atoms with van der Waals surface area (Å²) in [6, 6.07) is 0. The molecule has 0 unspecified atom stereocenters. The number of hydrogen-bond acceptors (Lipinski definition) is 1. The summed E-state index contributed by atoms with van der Waals surface area (Å²) < 4.78 is 5.34. The van der Waals surface area contributed by atoms with Crippen LogP contribution in [-0.4, -0.2) is 6.61 Å². The first-order chi connectivity index (χ1) is 4.70. The van der Waals surface area contributed by atoms with Gasteiger partial charge in [-0.3, -0.25) is 0 Å². The van der Waals surface area contributed by atoms with Gasteiger partial charge in [-0.05, 0) is 5.92 Å². The van der Waals surface area contributed by atoms with Crippen molar-refractivity contribution in [2.75, 3.05) is 6.61 Å². The van der Waals surface area contributed by atoms with Crippen molar-refractivity contribution in [2.24, 2.45) is 5.92 Å². The van der Waals surface area contributed by atoms with Gasteiger partial charge in [0.1, 0.15) is 5.76 Å². The topological polar surface area (TPSA) is 9.23 Å². The minimum atomic E-state index is 0.579. The molecule has 0 rings (SSSR count). The minimum Gasteiger partial charge on any atom is -0.490 e. The minimum absolute atomic E-state index is 0.579. The molecule has 0 N–H and O–H groups in total. The zero-order valence-electron chi connectivity index (χ0n) is 7.11. The predicted molar refractivity (Wildman–Crippen MR) is 43.7 cm³/mol. The average Bonchev–Trinajstić information content (AvgIpc) is 1.90. The second kappa shape index (κ2) is 5.13. The Hall–Kier alpha value is -0.680. The molecule has 0 saturated heterocycles. The van der Waals surface area contributed by atoms with Gasteiger partial charge >= 0.3 is 0 Å². The molecule has 0 aliphatic carbocycles. The van der Waals surface area contributed by atoms with Crippen molar-refractivity contribution in [1.29, 1.82) is 0 Å². The number of allylic oxidation sites excluding steroid dienone is 1. The normalized spacial score (nSPS) is 9.20. The van der Waals surface area contributed by atoms with Crippen LogP contribution in [0, 0.1) is 5.92 Å². The first kappa shape index (κ1) is 9.32. The fourth-order valence-electron chi connectivity index (χ4n) is 0.545. The lowest BCUT2D eigenvalue weighted by Gasteiger charge is -2.07. The highest BCUT2D eigenvalue weighted by molar-refractivity contribution is 4.87. The van der Waals surface area contributed by atoms with Crippen molar-refractivity contribution in [1.82, 2.24) is 0 Å². The molecule has 58 valence electrons. The van der Waals surface area contributed by atoms with Gasteiger partial charge in [-0.2, -0.15) is 0 Å². The average molecular weight is 140 g/mol. The monoisotopic (exact) mass is 140 g/mol. The number of ether oxygens (including phenoxy) is 1. The van der Waals surface area contributed by atoms with E-state index in [1.54, 1.807) is 0 Å². The summed E-state index contributed by atoms with van der Waals surface area (Å²) in [6.45, 7) is 10.6. The summed E-state index contributed by atoms with van der Waals surface area (Å²) in [5, 5.41) is 0. The first-order valence-corrected chi connectivity index (χ1v) is 3.72. The zero-order valence-corrected chi connectivity index (χ0v) is 7.11. The molecule has 1 nitrogen and oxygen atoms in total. The molecular formula is C9H16O. The molecule has 0 bridgehead atoms. The van der Waals surface area contributed by atoms with Gasteiger partial charge < -0.3 is 4.74 Å². The van der Waals surface area contributed by atoms with Gasteiger partial charge in [0.25, 0.3) is 0 Å². The van der Waals surface area contributed by atoms with Gasteiger partial charge in [-0.1, -0.05) is 33.1 Å². The molecular weight excluding hydrogens is 124 g/mol. The Kier molecular flexibility index (Phi) is 4.78. The van der Waals surface area contributed by atoms with Crippen molar-refractivity contribution in [3.8, 4) is 0 Å². The molecule has 0 aliphatic heterocycles. The Morgan fingerprint density at radius 3 is 2.50 bits per heavy atom. The molecule has 0 aromatic rings. The Morgan fingerprint density at radius 2 is 2.20 bits per heavy atom. The van der Waals surface area contributed by atoms with Gasteiger partial charge in [0.05, 0.1) is 6.61 Å². The molecule has 0 aromatic carbocycles. The molecule has 0 aliphatic rings. The summed E-state index contributed by atoms with van der Waals surface area (Å²) in [7, 11) is 0. The van der Waals surface area contributed by atoms with E-state index in [4.69, 9.17) is 4.74 Å². The van der Waals surface area contributed by atoms with Gasteiger partial charge in [0.2, 0.25) is 0 Å². The lowest BCUT2D eigenvalue weighted by atomic mass is 10.2. The molecule has 1 heteroatoms. The van der Waals surface area contributed by atoms with E-state index >= 15 is 0 Å². The van der Waals surface area contributed by atoms with E-state index < -0.39 is 0 Å². The third-order valence-corrected chi connectivity index (χ3v) is 1.11. The van der Waals surface area contributed by atoms with Crippen LogP contribution in [-0.2, 0) is 4.74 Å². The summed E-state index contributed by atoms with van der Waals surface area (Å²) in [4.78, 5) is 0. The van der Waals surface area contributed by atoms with E-state index in [0.717, 1.165) is 18.8 Å². The van der Waals surface area contributed by atoms with Crippen LogP contribution < -0.4 is 0 Å². The maximum absolute atomic E-state index is 5.34. The zero-order chi connectivity index (χ0) is 7.98. The van der Waals surface area contributed by atoms with Crippen LogP contribution in [0.15, 0.2) is 18.1 Å². The Morgan fingerprint density at radius 1 is 1.60 bits per heavy atom. The highest BCUT2D eigenvalue weighted by Crippen LogP contribution is 2.03. The van der Waals surface area contributed by atoms with Crippen LogP contribution in [0.2, 0.25) is 0 Å². The smallest absolute Gasteiger partial charge is 0.137 e. The summed E-state index contributed by atoms with van der Waals surface area (Å²) >= 11 is 0. The second-order valence-corrected chi connectivity index (χ2v) is 2.66. The summed E-state index contributed by atoms with van der Waals surface area (Å²) in [5.74, 6) is 1.45. The molecule has 0 spiro atoms. The molecule has 0 amide bonds. The second-order valence-electron chi connectivity index (χ2n) is 2.66. The Labute approximate surface area is 63.4 Å². The molecule has 0 atom stereocenters. The molecule has 10 heavy (non-hydrogen) atoms. The quantitative estimate of drug-likeness (QED) is 0.431. The van der Waals surface area contributed by atoms with E-state index in [9.17, 15) is 0 Å². The third kappa shape index (κ3) is 4.22. The Balaban J connectivity index is 3.57. The van der Waals surface area contributed by atoms with Crippen LogP contribution in [0.3, 0.4) is 0 Å². The number of hydrogen-bond donors (Lipinski definition) is 0. The summed E-state index contributed by atoms with van der Waals surface area (Å²) in [5.41, 5.74) is 2.75. The standard InChI is InChI=1S/C9H16O/c1-5-9(6-2)10-7-8(3)4/h8H,1,6-7H2,2-4H3. The van der Waals surface area contributed by atoms with Crippen LogP contribution in [0.25, 0.3) is 0 Å². The maximum atomic E-state index is 5.34. The van der Waals surface area contributed by atoms with E-state index in [-0.39, 0.29) is 0 Å². The number of rotatable bonds is 4. The third-order valence-electron chi connectivity index (χ3n) is 1.11. The van der Waals surface area contributed by atoms with Crippen molar-refractivity contribution in [3.63, 3.8) is 0 Å². The van der Waals surface area contributed by atoms with Gasteiger partial charge in [0.15, 0.2) is 0 Å². The highest BCUT2D eigenvalue weighted by Gasteiger charge is 1.95. The fraction of sp³-hybridized carbons (Fsp3) is 0.667. The molecule has 0 heterocycles. The van der Waals surface area contributed by atoms with Gasteiger partial charge in [-0.25, -0.2) is 0 Å². The fourth-order valence-corrected chi connectivity index (χ4v) is 0.545. The van der Waals surface area contributed by atoms with Crippen LogP contribution in [0.1, 0.15) is 27.2 Å². The van der Waals surface area contributed by atoms with E-state index in [0.29, 0.717) is 5.92 Å². The lowest BCUT2D eigenvalue weighted by molar-refractivity contribution is 0.174. The molecule has 0 radical (unpaired) electrons. The van der Waals surface area contributed by atoms with Crippen molar-refractivity contribution < 1.29 is 4.74 Å². The lowest BCUT2D eigenvalue weighted by Crippen LogP contribution is -2.00. The Bertz CT molecular complexity index is 130. The first-order valence-electron chi connectivity index (χ1n) is 3.72. The van der Waals surface area contributed by atoms with Crippen LogP contribution in [0.4, 0.5) is 0 Å². The van der Waals surface area contributed by atoms with Crippen molar-refractivity contribution in [2.45, 2.75) is 27.2 Å². The maximum Gasteiger partial charge on any atom is 0.137 e. The van der Waals surface area contributed by atoms with Crippen molar-refractivity contribution >= 4 is 0 Å². The van der Waals surface area contributed by atoms with Crippen LogP contribution >= 0.6 is 0 Å². The van der Waals surface area contributed by atoms with Gasteiger partial charge in [0, 0.05) is 6.42 Å². The SMILES string of the molecule is C=C=C(CC)OCC(C)C. The van der Waals surface area contributed by atoms with Gasteiger partial charge in [-0.15, -0.1) is 0 Å². The van der Waals surface area contributed by atoms with Crippen molar-refractivity contribution in [3.05, 3.63) is 18.1 Å². The van der Waals surface area contributed by atoms with E-state index in [2.05, 4.69) is 26.2 Å². The summed E-state index contributed by atoms with van der Waals surface area (Å²) in [6.07, 6.45) is 0.885. The molecule has 0 saturated carbocycles. The predicted octanol–water partition coefficient (Wildman–Crippen LogP) is 2.74. The van der Waals surface area contributed by atoms with E-state index in [1.165, 1.54) is 0 Å². The largest absolute Gasteiger partial charge is 0.490 e. The van der Waals surface area contributed by atoms with E-state index in [1.807, 2.05) is 6.92 Å². The molecule has 0 aromatic heterocycles. The van der Waals surface area contributed by atoms with Crippen LogP contribution in [0.5, 0.6) is 0 Å². The highest BCUT2D eigenvalue weighted by atomic mass is 16.5.